The van der Waals surface area contributed by atoms with Gasteiger partial charge in [-0.05, 0) is 20.3 Å². The van der Waals surface area contributed by atoms with E-state index in [9.17, 15) is 4.79 Å². The summed E-state index contributed by atoms with van der Waals surface area (Å²) in [6, 6.07) is 0.779. The van der Waals surface area contributed by atoms with Crippen molar-refractivity contribution in [3.8, 4) is 0 Å². The molecule has 0 saturated carbocycles. The number of carbonyl (C=O) groups excluding carboxylic acids is 1. The minimum atomic E-state index is -0.200. The lowest BCUT2D eigenvalue weighted by atomic mass is 10.1. The van der Waals surface area contributed by atoms with Crippen LogP contribution in [-0.2, 0) is 4.79 Å². The number of nitrogens with one attached hydrogen (secondary N) is 1. The summed E-state index contributed by atoms with van der Waals surface area (Å²) in [5.41, 5.74) is 5.37. The maximum absolute atomic E-state index is 11.2. The summed E-state index contributed by atoms with van der Waals surface area (Å²) in [4.78, 5) is 13.4. The Balaban J connectivity index is 2.61. The van der Waals surface area contributed by atoms with Gasteiger partial charge in [-0.15, -0.1) is 0 Å². The van der Waals surface area contributed by atoms with Gasteiger partial charge < -0.3 is 11.1 Å². The van der Waals surface area contributed by atoms with Crippen LogP contribution in [0.25, 0.3) is 0 Å². The van der Waals surface area contributed by atoms with E-state index in [0.717, 1.165) is 19.5 Å². The number of primary amides is 1. The van der Waals surface area contributed by atoms with Crippen LogP contribution in [0.3, 0.4) is 0 Å². The van der Waals surface area contributed by atoms with Crippen molar-refractivity contribution in [2.24, 2.45) is 5.73 Å². The number of carbonyl (C=O) groups is 1. The van der Waals surface area contributed by atoms with Crippen LogP contribution in [0.5, 0.6) is 0 Å². The van der Waals surface area contributed by atoms with Gasteiger partial charge in [-0.1, -0.05) is 6.92 Å². The van der Waals surface area contributed by atoms with Crippen molar-refractivity contribution in [1.82, 2.24) is 10.2 Å². The topological polar surface area (TPSA) is 58.4 Å². The molecule has 14 heavy (non-hydrogen) atoms. The fraction of sp³-hybridized carbons (Fsp3) is 0.900. The number of nitrogens with two attached hydrogens (primary N) is 1. The highest BCUT2D eigenvalue weighted by Crippen LogP contribution is 2.10. The van der Waals surface area contributed by atoms with Gasteiger partial charge in [-0.25, -0.2) is 0 Å². The van der Waals surface area contributed by atoms with Crippen LogP contribution in [0, 0.1) is 0 Å². The highest BCUT2D eigenvalue weighted by molar-refractivity contribution is 5.79. The Morgan fingerprint density at radius 2 is 2.00 bits per heavy atom. The first-order valence-electron chi connectivity index (χ1n) is 5.34. The minimum absolute atomic E-state index is 0.0954. The van der Waals surface area contributed by atoms with Gasteiger partial charge in [0.15, 0.2) is 0 Å². The molecule has 1 saturated heterocycles. The lowest BCUT2D eigenvalue weighted by Gasteiger charge is -2.39. The van der Waals surface area contributed by atoms with E-state index in [1.54, 1.807) is 0 Å². The van der Waals surface area contributed by atoms with Crippen molar-refractivity contribution in [3.63, 3.8) is 0 Å². The first-order chi connectivity index (χ1) is 6.54. The van der Waals surface area contributed by atoms with Gasteiger partial charge >= 0.3 is 0 Å². The van der Waals surface area contributed by atoms with E-state index < -0.39 is 0 Å². The molecule has 1 aliphatic heterocycles. The van der Waals surface area contributed by atoms with Gasteiger partial charge in [0, 0.05) is 25.2 Å². The van der Waals surface area contributed by atoms with Crippen molar-refractivity contribution in [1.29, 1.82) is 0 Å². The monoisotopic (exact) mass is 199 g/mol. The lowest BCUT2D eigenvalue weighted by molar-refractivity contribution is -0.124. The van der Waals surface area contributed by atoms with Crippen molar-refractivity contribution in [2.45, 2.75) is 45.3 Å². The predicted molar refractivity (Wildman–Crippen MR) is 56.9 cm³/mol. The smallest absolute Gasteiger partial charge is 0.234 e. The molecule has 3 atom stereocenters. The van der Waals surface area contributed by atoms with E-state index in [-0.39, 0.29) is 11.9 Å². The molecule has 0 radical (unpaired) electrons. The summed E-state index contributed by atoms with van der Waals surface area (Å²) >= 11 is 0. The fourth-order valence-corrected chi connectivity index (χ4v) is 2.26. The van der Waals surface area contributed by atoms with Gasteiger partial charge in [0.05, 0.1) is 6.04 Å². The molecule has 4 nitrogen and oxygen atoms in total. The Morgan fingerprint density at radius 3 is 2.36 bits per heavy atom. The molecule has 3 N–H and O–H groups in total. The second-order valence-corrected chi connectivity index (χ2v) is 4.25. The Kier molecular flexibility index (Phi) is 3.89. The summed E-state index contributed by atoms with van der Waals surface area (Å²) in [6.07, 6.45) is 0.800. The van der Waals surface area contributed by atoms with Gasteiger partial charge in [0.2, 0.25) is 5.91 Å². The molecular weight excluding hydrogens is 178 g/mol. The maximum Gasteiger partial charge on any atom is 0.234 e. The molecule has 4 heteroatoms. The van der Waals surface area contributed by atoms with E-state index >= 15 is 0 Å². The molecule has 0 aromatic carbocycles. The molecular formula is C10H21N3O. The molecule has 1 amide bonds. The standard InChI is InChI=1S/C10H21N3O/c1-4-9(10(11)14)13-5-7(2)12-8(3)6-13/h7-9,12H,4-6H2,1-3H3,(H2,11,14). The van der Waals surface area contributed by atoms with Crippen LogP contribution in [0.4, 0.5) is 0 Å². The van der Waals surface area contributed by atoms with Crippen LogP contribution in [0.15, 0.2) is 0 Å². The average molecular weight is 199 g/mol. The van der Waals surface area contributed by atoms with Crippen molar-refractivity contribution >= 4 is 5.91 Å². The van der Waals surface area contributed by atoms with Crippen LogP contribution in [-0.4, -0.2) is 42.0 Å². The number of rotatable bonds is 3. The largest absolute Gasteiger partial charge is 0.368 e. The summed E-state index contributed by atoms with van der Waals surface area (Å²) in [6.45, 7) is 8.09. The van der Waals surface area contributed by atoms with Crippen LogP contribution >= 0.6 is 0 Å². The third-order valence-electron chi connectivity index (χ3n) is 2.74. The Labute approximate surface area is 85.8 Å². The molecule has 1 fully saturated rings. The van der Waals surface area contributed by atoms with E-state index in [1.165, 1.54) is 0 Å². The summed E-state index contributed by atoms with van der Waals surface area (Å²) in [5, 5.41) is 3.43. The van der Waals surface area contributed by atoms with Crippen LogP contribution < -0.4 is 11.1 Å². The summed E-state index contributed by atoms with van der Waals surface area (Å²) in [7, 11) is 0. The Hall–Kier alpha value is -0.610. The molecule has 0 aromatic heterocycles. The van der Waals surface area contributed by atoms with Gasteiger partial charge in [-0.3, -0.25) is 9.69 Å². The second-order valence-electron chi connectivity index (χ2n) is 4.25. The predicted octanol–water partition coefficient (Wildman–Crippen LogP) is -0.0675. The van der Waals surface area contributed by atoms with Gasteiger partial charge in [-0.2, -0.15) is 0 Å². The van der Waals surface area contributed by atoms with Crippen molar-refractivity contribution in [3.05, 3.63) is 0 Å². The number of piperazine rings is 1. The maximum atomic E-state index is 11.2. The number of hydrogen-bond donors (Lipinski definition) is 2. The van der Waals surface area contributed by atoms with E-state index in [1.807, 2.05) is 6.92 Å². The average Bonchev–Trinajstić information content (AvgIpc) is 2.02. The minimum Gasteiger partial charge on any atom is -0.368 e. The molecule has 1 heterocycles. The molecule has 0 spiro atoms. The summed E-state index contributed by atoms with van der Waals surface area (Å²) in [5.74, 6) is -0.200. The third-order valence-corrected chi connectivity index (χ3v) is 2.74. The zero-order chi connectivity index (χ0) is 10.7. The molecule has 82 valence electrons. The summed E-state index contributed by atoms with van der Waals surface area (Å²) < 4.78 is 0. The fourth-order valence-electron chi connectivity index (χ4n) is 2.26. The zero-order valence-electron chi connectivity index (χ0n) is 9.29. The van der Waals surface area contributed by atoms with E-state index in [0.29, 0.717) is 12.1 Å². The SMILES string of the molecule is CCC(C(N)=O)N1CC(C)NC(C)C1. The van der Waals surface area contributed by atoms with Crippen molar-refractivity contribution in [2.75, 3.05) is 13.1 Å². The molecule has 3 unspecified atom stereocenters. The lowest BCUT2D eigenvalue weighted by Crippen LogP contribution is -2.59. The first-order valence-corrected chi connectivity index (χ1v) is 5.34. The zero-order valence-corrected chi connectivity index (χ0v) is 9.29. The quantitative estimate of drug-likeness (QED) is 0.669. The van der Waals surface area contributed by atoms with Gasteiger partial charge in [0.1, 0.15) is 0 Å². The molecule has 0 aromatic rings. The van der Waals surface area contributed by atoms with E-state index in [2.05, 4.69) is 24.1 Å². The second kappa shape index (κ2) is 4.75. The number of amides is 1. The Morgan fingerprint density at radius 1 is 1.50 bits per heavy atom. The first kappa shape index (κ1) is 11.5. The molecule has 0 bridgehead atoms. The normalized spacial score (nSPS) is 31.4. The van der Waals surface area contributed by atoms with Crippen molar-refractivity contribution < 1.29 is 4.79 Å². The third kappa shape index (κ3) is 2.69. The molecule has 0 aliphatic carbocycles. The number of nitrogens with zero attached hydrogens (tertiary/aromatic N) is 1. The van der Waals surface area contributed by atoms with Crippen LogP contribution in [0.2, 0.25) is 0 Å². The highest BCUT2D eigenvalue weighted by atomic mass is 16.1. The highest BCUT2D eigenvalue weighted by Gasteiger charge is 2.28. The Bertz CT molecular complexity index is 198. The molecule has 1 rings (SSSR count). The number of hydrogen-bond acceptors (Lipinski definition) is 3. The van der Waals surface area contributed by atoms with Crippen LogP contribution in [0.1, 0.15) is 27.2 Å². The molecule has 1 aliphatic rings. The van der Waals surface area contributed by atoms with Gasteiger partial charge in [0.25, 0.3) is 0 Å². The van der Waals surface area contributed by atoms with E-state index in [4.69, 9.17) is 5.73 Å².